The van der Waals surface area contributed by atoms with E-state index in [1.807, 2.05) is 0 Å². The lowest BCUT2D eigenvalue weighted by molar-refractivity contribution is -0.130. The Bertz CT molecular complexity index is 828. The van der Waals surface area contributed by atoms with E-state index in [9.17, 15) is 18.4 Å². The van der Waals surface area contributed by atoms with Gasteiger partial charge in [-0.2, -0.15) is 8.78 Å². The van der Waals surface area contributed by atoms with Crippen molar-refractivity contribution in [2.45, 2.75) is 32.9 Å². The Hall–Kier alpha value is -2.19. The number of carbonyl (C=O) groups excluding carboxylic acids is 2. The molecule has 1 aromatic heterocycles. The molecule has 1 amide bonds. The number of amides is 1. The van der Waals surface area contributed by atoms with Crippen LogP contribution in [0.25, 0.3) is 0 Å². The van der Waals surface area contributed by atoms with Crippen LogP contribution in [0.1, 0.15) is 35.0 Å². The number of thiophene rings is 1. The average molecular weight is 432 g/mol. The van der Waals surface area contributed by atoms with E-state index in [1.165, 1.54) is 22.3 Å². The molecular formula is C19H20ClF2NO4S. The van der Waals surface area contributed by atoms with E-state index >= 15 is 0 Å². The summed E-state index contributed by atoms with van der Waals surface area (Å²) in [6, 6.07) is 7.81. The molecule has 152 valence electrons. The van der Waals surface area contributed by atoms with Gasteiger partial charge in [0.05, 0.1) is 15.8 Å². The molecule has 0 saturated carbocycles. The molecule has 0 aliphatic carbocycles. The van der Waals surface area contributed by atoms with Crippen LogP contribution in [-0.2, 0) is 11.3 Å². The zero-order valence-corrected chi connectivity index (χ0v) is 17.0. The maximum atomic E-state index is 12.5. The molecular weight excluding hydrogens is 412 g/mol. The van der Waals surface area contributed by atoms with E-state index in [1.54, 1.807) is 38.2 Å². The molecule has 0 aliphatic rings. The second-order valence-electron chi connectivity index (χ2n) is 5.87. The van der Waals surface area contributed by atoms with Gasteiger partial charge in [-0.1, -0.05) is 17.7 Å². The highest BCUT2D eigenvalue weighted by Gasteiger charge is 2.16. The lowest BCUT2D eigenvalue weighted by Crippen LogP contribution is -2.26. The lowest BCUT2D eigenvalue weighted by atomic mass is 10.1. The van der Waals surface area contributed by atoms with Gasteiger partial charge < -0.3 is 14.4 Å². The van der Waals surface area contributed by atoms with Gasteiger partial charge in [-0.25, -0.2) is 0 Å². The fourth-order valence-electron chi connectivity index (χ4n) is 2.47. The number of halogens is 3. The molecule has 5 nitrogen and oxygen atoms in total. The highest BCUT2D eigenvalue weighted by atomic mass is 35.5. The van der Waals surface area contributed by atoms with Gasteiger partial charge in [0.15, 0.2) is 17.3 Å². The molecule has 0 aliphatic heterocycles. The number of rotatable bonds is 10. The van der Waals surface area contributed by atoms with Gasteiger partial charge in [0.2, 0.25) is 5.91 Å². The van der Waals surface area contributed by atoms with Gasteiger partial charge in [0, 0.05) is 26.4 Å². The molecule has 2 aromatic rings. The number of benzene rings is 1. The molecule has 9 heteroatoms. The summed E-state index contributed by atoms with van der Waals surface area (Å²) < 4.78 is 35.2. The Labute approximate surface area is 170 Å². The van der Waals surface area contributed by atoms with Gasteiger partial charge in [-0.3, -0.25) is 9.59 Å². The third-order valence-electron chi connectivity index (χ3n) is 3.78. The Morgan fingerprint density at radius 2 is 1.93 bits per heavy atom. The zero-order chi connectivity index (χ0) is 20.7. The molecule has 0 N–H and O–H groups in total. The quantitative estimate of drug-likeness (QED) is 0.495. The number of nitrogens with zero attached hydrogens (tertiary/aromatic N) is 1. The molecule has 0 unspecified atom stereocenters. The third kappa shape index (κ3) is 6.45. The van der Waals surface area contributed by atoms with Crippen molar-refractivity contribution < 1.29 is 27.8 Å². The minimum atomic E-state index is -2.95. The van der Waals surface area contributed by atoms with E-state index in [0.29, 0.717) is 14.8 Å². The van der Waals surface area contributed by atoms with Crippen molar-refractivity contribution in [3.8, 4) is 11.5 Å². The fraction of sp³-hybridized carbons (Fsp3) is 0.368. The van der Waals surface area contributed by atoms with Crippen LogP contribution in [0.5, 0.6) is 11.5 Å². The summed E-state index contributed by atoms with van der Waals surface area (Å²) in [6.07, 6.45) is 0.154. The molecule has 0 atom stereocenters. The van der Waals surface area contributed by atoms with Crippen molar-refractivity contribution in [2.24, 2.45) is 0 Å². The van der Waals surface area contributed by atoms with Gasteiger partial charge in [0.1, 0.15) is 0 Å². The summed E-state index contributed by atoms with van der Waals surface area (Å²) >= 11 is 6.99. The van der Waals surface area contributed by atoms with Gasteiger partial charge in [-0.15, -0.1) is 11.3 Å². The Morgan fingerprint density at radius 1 is 1.18 bits per heavy atom. The standard InChI is InChI=1S/C19H20ClF2NO4S/c1-3-26-15-10-12(4-6-14(15)27-19(21)22)11-23(2)18(25)9-5-13(24)16-7-8-17(20)28-16/h4,6-8,10,19H,3,5,9,11H2,1-2H3. The van der Waals surface area contributed by atoms with Gasteiger partial charge >= 0.3 is 6.61 Å². The van der Waals surface area contributed by atoms with Crippen LogP contribution in [-0.4, -0.2) is 36.9 Å². The number of Topliss-reactive ketones (excluding diaryl/α,β-unsaturated/α-hetero) is 1. The van der Waals surface area contributed by atoms with Gasteiger partial charge in [-0.05, 0) is 36.8 Å². The van der Waals surface area contributed by atoms with E-state index in [0.717, 1.165) is 0 Å². The Kier molecular flexibility index (Phi) is 8.19. The number of ether oxygens (including phenoxy) is 2. The predicted molar refractivity (Wildman–Crippen MR) is 104 cm³/mol. The van der Waals surface area contributed by atoms with E-state index < -0.39 is 6.61 Å². The summed E-state index contributed by atoms with van der Waals surface area (Å²) in [5.41, 5.74) is 0.692. The predicted octanol–water partition coefficient (Wildman–Crippen LogP) is 5.02. The fourth-order valence-corrected chi connectivity index (χ4v) is 3.48. The molecule has 28 heavy (non-hydrogen) atoms. The summed E-state index contributed by atoms with van der Waals surface area (Å²) in [5.74, 6) is -0.215. The number of hydrogen-bond acceptors (Lipinski definition) is 5. The second kappa shape index (κ2) is 10.4. The first-order valence-electron chi connectivity index (χ1n) is 8.53. The van der Waals surface area contributed by atoms with Crippen LogP contribution in [0.3, 0.4) is 0 Å². The van der Waals surface area contributed by atoms with Crippen LogP contribution in [0, 0.1) is 0 Å². The van der Waals surface area contributed by atoms with Crippen molar-refractivity contribution in [3.05, 3.63) is 45.1 Å². The Morgan fingerprint density at radius 3 is 2.54 bits per heavy atom. The van der Waals surface area contributed by atoms with Crippen LogP contribution in [0.15, 0.2) is 30.3 Å². The maximum Gasteiger partial charge on any atom is 0.387 e. The number of hydrogen-bond donors (Lipinski definition) is 0. The largest absolute Gasteiger partial charge is 0.490 e. The molecule has 0 saturated heterocycles. The first-order valence-corrected chi connectivity index (χ1v) is 9.72. The van der Waals surface area contributed by atoms with Crippen molar-refractivity contribution in [1.29, 1.82) is 0 Å². The first kappa shape index (κ1) is 22.1. The van der Waals surface area contributed by atoms with Crippen molar-refractivity contribution >= 4 is 34.6 Å². The average Bonchev–Trinajstić information content (AvgIpc) is 3.08. The highest BCUT2D eigenvalue weighted by molar-refractivity contribution is 7.18. The monoisotopic (exact) mass is 431 g/mol. The van der Waals surface area contributed by atoms with Crippen LogP contribution >= 0.6 is 22.9 Å². The van der Waals surface area contributed by atoms with Crippen LogP contribution in [0.2, 0.25) is 4.34 Å². The number of carbonyl (C=O) groups is 2. The van der Waals surface area contributed by atoms with E-state index in [-0.39, 0.29) is 49.2 Å². The van der Waals surface area contributed by atoms with Crippen molar-refractivity contribution in [1.82, 2.24) is 4.90 Å². The second-order valence-corrected chi connectivity index (χ2v) is 7.58. The topological polar surface area (TPSA) is 55.8 Å². The van der Waals surface area contributed by atoms with Crippen LogP contribution < -0.4 is 9.47 Å². The summed E-state index contributed by atoms with van der Waals surface area (Å²) in [4.78, 5) is 26.4. The molecule has 1 heterocycles. The summed E-state index contributed by atoms with van der Waals surface area (Å²) in [6.45, 7) is -0.698. The van der Waals surface area contributed by atoms with Gasteiger partial charge in [0.25, 0.3) is 0 Å². The van der Waals surface area contributed by atoms with Crippen molar-refractivity contribution in [3.63, 3.8) is 0 Å². The maximum absolute atomic E-state index is 12.5. The normalized spacial score (nSPS) is 10.8. The molecule has 1 aromatic carbocycles. The van der Waals surface area contributed by atoms with E-state index in [2.05, 4.69) is 4.74 Å². The SMILES string of the molecule is CCOc1cc(CN(C)C(=O)CCC(=O)c2ccc(Cl)s2)ccc1OC(F)F. The third-order valence-corrected chi connectivity index (χ3v) is 5.06. The molecule has 2 rings (SSSR count). The number of ketones is 1. The smallest absolute Gasteiger partial charge is 0.387 e. The minimum Gasteiger partial charge on any atom is -0.490 e. The van der Waals surface area contributed by atoms with Crippen LogP contribution in [0.4, 0.5) is 8.78 Å². The number of alkyl halides is 2. The van der Waals surface area contributed by atoms with E-state index in [4.69, 9.17) is 16.3 Å². The Balaban J connectivity index is 1.95. The molecule has 0 spiro atoms. The molecule has 0 bridgehead atoms. The minimum absolute atomic E-state index is 0.0604. The van der Waals surface area contributed by atoms with Crippen molar-refractivity contribution in [2.75, 3.05) is 13.7 Å². The lowest BCUT2D eigenvalue weighted by Gasteiger charge is -2.18. The summed E-state index contributed by atoms with van der Waals surface area (Å²) in [5, 5.41) is 0. The highest BCUT2D eigenvalue weighted by Crippen LogP contribution is 2.30. The first-order chi connectivity index (χ1) is 13.3. The molecule has 0 radical (unpaired) electrons. The zero-order valence-electron chi connectivity index (χ0n) is 15.4. The molecule has 0 fully saturated rings. The summed E-state index contributed by atoms with van der Waals surface area (Å²) in [7, 11) is 1.61.